The third-order valence-electron chi connectivity index (χ3n) is 5.06. The van der Waals surface area contributed by atoms with Gasteiger partial charge in [0.2, 0.25) is 11.8 Å². The Morgan fingerprint density at radius 1 is 1.26 bits per heavy atom. The number of carbonyl (C=O) groups excluding carboxylic acids is 2. The van der Waals surface area contributed by atoms with E-state index in [0.29, 0.717) is 13.0 Å². The van der Waals surface area contributed by atoms with Crippen LogP contribution in [0.2, 0.25) is 0 Å². The van der Waals surface area contributed by atoms with Crippen LogP contribution in [0.25, 0.3) is 0 Å². The Balaban J connectivity index is 1.47. The zero-order valence-corrected chi connectivity index (χ0v) is 13.0. The van der Waals surface area contributed by atoms with Crippen LogP contribution in [-0.4, -0.2) is 30.4 Å². The molecule has 3 unspecified atom stereocenters. The van der Waals surface area contributed by atoms with Gasteiger partial charge < -0.3 is 15.5 Å². The molecule has 3 atom stereocenters. The summed E-state index contributed by atoms with van der Waals surface area (Å²) in [5, 5.41) is 6.13. The number of hydrogen-bond acceptors (Lipinski definition) is 3. The van der Waals surface area contributed by atoms with Crippen molar-refractivity contribution >= 4 is 23.2 Å². The maximum Gasteiger partial charge on any atom is 0.247 e. The Morgan fingerprint density at radius 2 is 2.13 bits per heavy atom. The first-order valence-corrected chi connectivity index (χ1v) is 8.34. The number of nitrogens with one attached hydrogen (secondary N) is 2. The van der Waals surface area contributed by atoms with Crippen molar-refractivity contribution in [2.45, 2.75) is 37.8 Å². The second-order valence-electron chi connectivity index (χ2n) is 6.60. The SMILES string of the molecule is O=C(NC1CC2C(=O)Nc3ccccc3N2C1)C1CC=CCC1. The lowest BCUT2D eigenvalue weighted by molar-refractivity contribution is -0.126. The lowest BCUT2D eigenvalue weighted by Crippen LogP contribution is -2.44. The summed E-state index contributed by atoms with van der Waals surface area (Å²) < 4.78 is 0. The molecule has 0 saturated carbocycles. The van der Waals surface area contributed by atoms with Crippen molar-refractivity contribution in [1.82, 2.24) is 5.32 Å². The van der Waals surface area contributed by atoms with Gasteiger partial charge in [-0.25, -0.2) is 0 Å². The standard InChI is InChI=1S/C18H21N3O2/c22-17(12-6-2-1-3-7-12)19-13-10-16-18(23)20-14-8-4-5-9-15(14)21(16)11-13/h1-2,4-5,8-9,12-13,16H,3,6-7,10-11H2,(H,19,22)(H,20,23). The predicted octanol–water partition coefficient (Wildman–Crippen LogP) is 2.06. The van der Waals surface area contributed by atoms with Gasteiger partial charge >= 0.3 is 0 Å². The van der Waals surface area contributed by atoms with Crippen molar-refractivity contribution in [2.24, 2.45) is 5.92 Å². The highest BCUT2D eigenvalue weighted by Gasteiger charge is 2.41. The predicted molar refractivity (Wildman–Crippen MR) is 89.2 cm³/mol. The molecule has 2 amide bonds. The van der Waals surface area contributed by atoms with Gasteiger partial charge in [-0.15, -0.1) is 0 Å². The van der Waals surface area contributed by atoms with Gasteiger partial charge in [0, 0.05) is 18.5 Å². The van der Waals surface area contributed by atoms with Crippen molar-refractivity contribution in [2.75, 3.05) is 16.8 Å². The van der Waals surface area contributed by atoms with E-state index in [-0.39, 0.29) is 29.8 Å². The summed E-state index contributed by atoms with van der Waals surface area (Å²) in [4.78, 5) is 26.8. The van der Waals surface area contributed by atoms with Gasteiger partial charge in [-0.1, -0.05) is 24.3 Å². The fourth-order valence-electron chi connectivity index (χ4n) is 3.85. The van der Waals surface area contributed by atoms with E-state index in [4.69, 9.17) is 0 Å². The zero-order valence-electron chi connectivity index (χ0n) is 13.0. The summed E-state index contributed by atoms with van der Waals surface area (Å²) in [7, 11) is 0. The summed E-state index contributed by atoms with van der Waals surface area (Å²) in [6.45, 7) is 0.698. The molecule has 2 N–H and O–H groups in total. The maximum atomic E-state index is 12.4. The molecule has 5 nitrogen and oxygen atoms in total. The van der Waals surface area contributed by atoms with E-state index in [1.165, 1.54) is 0 Å². The monoisotopic (exact) mass is 311 g/mol. The molecule has 1 aliphatic carbocycles. The van der Waals surface area contributed by atoms with E-state index in [1.54, 1.807) is 0 Å². The molecular weight excluding hydrogens is 290 g/mol. The number of allylic oxidation sites excluding steroid dienone is 2. The van der Waals surface area contributed by atoms with Gasteiger partial charge in [-0.2, -0.15) is 0 Å². The Hall–Kier alpha value is -2.30. The lowest BCUT2D eigenvalue weighted by Gasteiger charge is -2.32. The quantitative estimate of drug-likeness (QED) is 0.822. The van der Waals surface area contributed by atoms with Crippen molar-refractivity contribution in [1.29, 1.82) is 0 Å². The number of carbonyl (C=O) groups is 2. The smallest absolute Gasteiger partial charge is 0.247 e. The zero-order chi connectivity index (χ0) is 15.8. The van der Waals surface area contributed by atoms with Crippen LogP contribution in [0.1, 0.15) is 25.7 Å². The molecule has 2 heterocycles. The molecule has 4 rings (SSSR count). The largest absolute Gasteiger partial charge is 0.356 e. The molecule has 120 valence electrons. The molecule has 2 aliphatic heterocycles. The van der Waals surface area contributed by atoms with Gasteiger partial charge in [-0.3, -0.25) is 9.59 Å². The van der Waals surface area contributed by atoms with E-state index in [0.717, 1.165) is 30.6 Å². The van der Waals surface area contributed by atoms with E-state index in [2.05, 4.69) is 27.7 Å². The van der Waals surface area contributed by atoms with Crippen molar-refractivity contribution in [3.8, 4) is 0 Å². The number of hydrogen-bond donors (Lipinski definition) is 2. The van der Waals surface area contributed by atoms with Crippen LogP contribution in [0, 0.1) is 5.92 Å². The Labute approximate surface area is 135 Å². The van der Waals surface area contributed by atoms with E-state index >= 15 is 0 Å². The van der Waals surface area contributed by atoms with Crippen LogP contribution < -0.4 is 15.5 Å². The fourth-order valence-corrected chi connectivity index (χ4v) is 3.85. The van der Waals surface area contributed by atoms with Gasteiger partial charge in [0.25, 0.3) is 0 Å². The Morgan fingerprint density at radius 3 is 2.96 bits per heavy atom. The molecule has 1 saturated heterocycles. The normalized spacial score (nSPS) is 28.8. The minimum Gasteiger partial charge on any atom is -0.356 e. The average Bonchev–Trinajstić information content (AvgIpc) is 3.00. The van der Waals surface area contributed by atoms with Crippen molar-refractivity contribution in [3.63, 3.8) is 0 Å². The maximum absolute atomic E-state index is 12.4. The summed E-state index contributed by atoms with van der Waals surface area (Å²) in [5.74, 6) is 0.243. The summed E-state index contributed by atoms with van der Waals surface area (Å²) in [5.41, 5.74) is 1.91. The summed E-state index contributed by atoms with van der Waals surface area (Å²) in [6.07, 6.45) is 7.64. The van der Waals surface area contributed by atoms with Crippen LogP contribution in [0.4, 0.5) is 11.4 Å². The van der Waals surface area contributed by atoms with Crippen molar-refractivity contribution < 1.29 is 9.59 Å². The first-order chi connectivity index (χ1) is 11.2. The van der Waals surface area contributed by atoms with Crippen LogP contribution in [0.5, 0.6) is 0 Å². The van der Waals surface area contributed by atoms with Crippen LogP contribution in [-0.2, 0) is 9.59 Å². The molecule has 5 heteroatoms. The first-order valence-electron chi connectivity index (χ1n) is 8.34. The topological polar surface area (TPSA) is 61.4 Å². The number of amides is 2. The minimum absolute atomic E-state index is 0.0287. The van der Waals surface area contributed by atoms with E-state index in [1.807, 2.05) is 24.3 Å². The third-order valence-corrected chi connectivity index (χ3v) is 5.06. The molecular formula is C18H21N3O2. The third kappa shape index (κ3) is 2.60. The van der Waals surface area contributed by atoms with Gasteiger partial charge in [0.15, 0.2) is 0 Å². The fraction of sp³-hybridized carbons (Fsp3) is 0.444. The van der Waals surface area contributed by atoms with Gasteiger partial charge in [0.05, 0.1) is 11.4 Å². The highest BCUT2D eigenvalue weighted by molar-refractivity contribution is 6.04. The molecule has 1 fully saturated rings. The van der Waals surface area contributed by atoms with Gasteiger partial charge in [0.1, 0.15) is 6.04 Å². The highest BCUT2D eigenvalue weighted by Crippen LogP contribution is 2.36. The molecule has 23 heavy (non-hydrogen) atoms. The Bertz CT molecular complexity index is 670. The Kier molecular flexibility index (Phi) is 3.56. The first kappa shape index (κ1) is 14.3. The number of nitrogens with zero attached hydrogens (tertiary/aromatic N) is 1. The molecule has 0 bridgehead atoms. The van der Waals surface area contributed by atoms with Gasteiger partial charge in [-0.05, 0) is 37.8 Å². The van der Waals surface area contributed by atoms with Crippen LogP contribution >= 0.6 is 0 Å². The second-order valence-corrected chi connectivity index (χ2v) is 6.60. The summed E-state index contributed by atoms with van der Waals surface area (Å²) in [6, 6.07) is 7.71. The van der Waals surface area contributed by atoms with E-state index in [9.17, 15) is 9.59 Å². The average molecular weight is 311 g/mol. The number of fused-ring (bicyclic) bond motifs is 3. The lowest BCUT2D eigenvalue weighted by atomic mass is 9.93. The number of rotatable bonds is 2. The highest BCUT2D eigenvalue weighted by atomic mass is 16.2. The second kappa shape index (κ2) is 5.72. The minimum atomic E-state index is -0.179. The molecule has 1 aromatic rings. The van der Waals surface area contributed by atoms with E-state index < -0.39 is 0 Å². The summed E-state index contributed by atoms with van der Waals surface area (Å²) >= 11 is 0. The number of benzene rings is 1. The molecule has 0 spiro atoms. The number of para-hydroxylation sites is 2. The molecule has 3 aliphatic rings. The van der Waals surface area contributed by atoms with Crippen LogP contribution in [0.15, 0.2) is 36.4 Å². The van der Waals surface area contributed by atoms with Crippen molar-refractivity contribution in [3.05, 3.63) is 36.4 Å². The molecule has 0 radical (unpaired) electrons. The van der Waals surface area contributed by atoms with Crippen LogP contribution in [0.3, 0.4) is 0 Å². The molecule has 0 aromatic heterocycles. The molecule has 1 aromatic carbocycles. The number of anilines is 2.